The van der Waals surface area contributed by atoms with Crippen LogP contribution in [0.15, 0.2) is 36.9 Å². The predicted octanol–water partition coefficient (Wildman–Crippen LogP) is 0.593. The molecule has 106 valence electrons. The zero-order chi connectivity index (χ0) is 15.0. The summed E-state index contributed by atoms with van der Waals surface area (Å²) in [6, 6.07) is 5.46. The Morgan fingerprint density at radius 3 is 2.33 bits per heavy atom. The number of aromatic nitrogens is 3. The molecule has 0 saturated carbocycles. The lowest BCUT2D eigenvalue weighted by molar-refractivity contribution is -0.172. The zero-order valence-electron chi connectivity index (χ0n) is 11.0. The minimum Gasteiger partial charge on any atom is -0.327 e. The monoisotopic (exact) mass is 286 g/mol. The van der Waals surface area contributed by atoms with Crippen molar-refractivity contribution in [2.75, 3.05) is 0 Å². The third-order valence-electron chi connectivity index (χ3n) is 3.11. The summed E-state index contributed by atoms with van der Waals surface area (Å²) in [6.45, 7) is 1.52. The van der Waals surface area contributed by atoms with Gasteiger partial charge in [-0.3, -0.25) is 9.59 Å². The van der Waals surface area contributed by atoms with Gasteiger partial charge in [-0.05, 0) is 19.1 Å². The molecule has 1 unspecified atom stereocenters. The molecular formula is C13H10N4O4. The second kappa shape index (κ2) is 4.82. The van der Waals surface area contributed by atoms with Crippen molar-refractivity contribution in [1.82, 2.24) is 19.8 Å². The Bertz CT molecular complexity index is 691. The molecule has 1 aliphatic heterocycles. The average Bonchev–Trinajstić information content (AvgIpc) is 3.11. The predicted molar refractivity (Wildman–Crippen MR) is 67.8 cm³/mol. The number of nitrogens with zero attached hydrogens (tertiary/aromatic N) is 4. The van der Waals surface area contributed by atoms with Gasteiger partial charge in [-0.25, -0.2) is 14.5 Å². The van der Waals surface area contributed by atoms with Gasteiger partial charge < -0.3 is 4.84 Å². The second-order valence-electron chi connectivity index (χ2n) is 4.41. The molecule has 0 fully saturated rings. The van der Waals surface area contributed by atoms with Gasteiger partial charge in [-0.2, -0.15) is 5.10 Å². The van der Waals surface area contributed by atoms with E-state index in [1.165, 1.54) is 36.4 Å². The molecule has 0 aliphatic carbocycles. The number of hydrogen-bond donors (Lipinski definition) is 0. The quantitative estimate of drug-likeness (QED) is 0.767. The SMILES string of the molecule is CC(C(=O)ON1C(=O)c2ccccc2C1=O)n1cncn1. The first-order valence-electron chi connectivity index (χ1n) is 6.13. The van der Waals surface area contributed by atoms with Crippen LogP contribution in [-0.2, 0) is 9.63 Å². The first-order chi connectivity index (χ1) is 10.1. The van der Waals surface area contributed by atoms with Crippen LogP contribution in [0.4, 0.5) is 0 Å². The summed E-state index contributed by atoms with van der Waals surface area (Å²) in [4.78, 5) is 44.7. The number of rotatable bonds is 3. The molecule has 0 saturated heterocycles. The molecule has 1 aromatic carbocycles. The fourth-order valence-electron chi connectivity index (χ4n) is 1.94. The van der Waals surface area contributed by atoms with E-state index in [0.29, 0.717) is 5.06 Å². The Labute approximate surface area is 118 Å². The molecular weight excluding hydrogens is 276 g/mol. The highest BCUT2D eigenvalue weighted by molar-refractivity contribution is 6.20. The van der Waals surface area contributed by atoms with Gasteiger partial charge in [0.25, 0.3) is 11.8 Å². The molecule has 2 aromatic rings. The van der Waals surface area contributed by atoms with E-state index >= 15 is 0 Å². The minimum atomic E-state index is -0.809. The highest BCUT2D eigenvalue weighted by Crippen LogP contribution is 2.23. The van der Waals surface area contributed by atoms with Crippen LogP contribution in [0.25, 0.3) is 0 Å². The van der Waals surface area contributed by atoms with Crippen LogP contribution in [0.1, 0.15) is 33.7 Å². The Morgan fingerprint density at radius 2 is 1.81 bits per heavy atom. The van der Waals surface area contributed by atoms with Crippen LogP contribution in [0.3, 0.4) is 0 Å². The van der Waals surface area contributed by atoms with Gasteiger partial charge in [0.2, 0.25) is 0 Å². The van der Waals surface area contributed by atoms with Crippen LogP contribution in [-0.4, -0.2) is 37.6 Å². The highest BCUT2D eigenvalue weighted by Gasteiger charge is 2.39. The summed E-state index contributed by atoms with van der Waals surface area (Å²) in [5.41, 5.74) is 0.424. The molecule has 2 heterocycles. The fourth-order valence-corrected chi connectivity index (χ4v) is 1.94. The summed E-state index contributed by atoms with van der Waals surface area (Å²) in [7, 11) is 0. The molecule has 8 heteroatoms. The Hall–Kier alpha value is -3.03. The highest BCUT2D eigenvalue weighted by atomic mass is 16.7. The van der Waals surface area contributed by atoms with Gasteiger partial charge in [-0.1, -0.05) is 17.2 Å². The third-order valence-corrected chi connectivity index (χ3v) is 3.11. The molecule has 8 nitrogen and oxygen atoms in total. The van der Waals surface area contributed by atoms with Crippen LogP contribution in [0, 0.1) is 0 Å². The smallest absolute Gasteiger partial charge is 0.327 e. The maximum atomic E-state index is 12.0. The first-order valence-corrected chi connectivity index (χ1v) is 6.13. The lowest BCUT2D eigenvalue weighted by Gasteiger charge is -2.16. The molecule has 0 N–H and O–H groups in total. The first kappa shape index (κ1) is 13.0. The number of imide groups is 1. The number of amides is 2. The molecule has 0 bridgehead atoms. The van der Waals surface area contributed by atoms with Crippen molar-refractivity contribution in [2.45, 2.75) is 13.0 Å². The number of carbonyl (C=O) groups excluding carboxylic acids is 3. The van der Waals surface area contributed by atoms with Gasteiger partial charge in [-0.15, -0.1) is 0 Å². The third kappa shape index (κ3) is 2.06. The van der Waals surface area contributed by atoms with E-state index in [4.69, 9.17) is 4.84 Å². The largest absolute Gasteiger partial charge is 0.357 e. The van der Waals surface area contributed by atoms with Crippen molar-refractivity contribution in [3.63, 3.8) is 0 Å². The Morgan fingerprint density at radius 1 is 1.19 bits per heavy atom. The van der Waals surface area contributed by atoms with E-state index in [1.807, 2.05) is 0 Å². The van der Waals surface area contributed by atoms with Gasteiger partial charge in [0, 0.05) is 0 Å². The van der Waals surface area contributed by atoms with Crippen molar-refractivity contribution in [1.29, 1.82) is 0 Å². The number of benzene rings is 1. The summed E-state index contributed by atoms with van der Waals surface area (Å²) in [5, 5.41) is 4.28. The van der Waals surface area contributed by atoms with E-state index in [9.17, 15) is 14.4 Å². The second-order valence-corrected chi connectivity index (χ2v) is 4.41. The summed E-state index contributed by atoms with van der Waals surface area (Å²) in [5.74, 6) is -2.10. The Kier molecular flexibility index (Phi) is 2.98. The maximum absolute atomic E-state index is 12.0. The van der Waals surface area contributed by atoms with Crippen LogP contribution in [0.5, 0.6) is 0 Å². The Balaban J connectivity index is 1.79. The normalized spacial score (nSPS) is 15.0. The van der Waals surface area contributed by atoms with Crippen molar-refractivity contribution in [3.05, 3.63) is 48.0 Å². The van der Waals surface area contributed by atoms with Crippen molar-refractivity contribution < 1.29 is 19.2 Å². The van der Waals surface area contributed by atoms with E-state index < -0.39 is 23.8 Å². The topological polar surface area (TPSA) is 94.4 Å². The molecule has 21 heavy (non-hydrogen) atoms. The van der Waals surface area contributed by atoms with Crippen LogP contribution >= 0.6 is 0 Å². The van der Waals surface area contributed by atoms with Crippen LogP contribution in [0.2, 0.25) is 0 Å². The van der Waals surface area contributed by atoms with E-state index in [2.05, 4.69) is 10.1 Å². The lowest BCUT2D eigenvalue weighted by Crippen LogP contribution is -2.35. The van der Waals surface area contributed by atoms with Crippen LogP contribution < -0.4 is 0 Å². The number of hydrogen-bond acceptors (Lipinski definition) is 6. The molecule has 1 atom stereocenters. The summed E-state index contributed by atoms with van der Waals surface area (Å²) < 4.78 is 1.26. The standard InChI is InChI=1S/C13H10N4O4/c1-8(16-7-14-6-15-16)13(20)21-17-11(18)9-4-2-3-5-10(9)12(17)19/h2-8H,1H3. The van der Waals surface area contributed by atoms with Crippen molar-refractivity contribution in [2.24, 2.45) is 0 Å². The number of fused-ring (bicyclic) bond motifs is 1. The van der Waals surface area contributed by atoms with E-state index in [1.54, 1.807) is 12.1 Å². The minimum absolute atomic E-state index is 0.212. The molecule has 0 spiro atoms. The number of hydroxylamine groups is 2. The molecule has 2 amide bonds. The molecule has 1 aromatic heterocycles. The maximum Gasteiger partial charge on any atom is 0.357 e. The van der Waals surface area contributed by atoms with Gasteiger partial charge >= 0.3 is 5.97 Å². The molecule has 0 radical (unpaired) electrons. The fraction of sp³-hybridized carbons (Fsp3) is 0.154. The molecule has 3 rings (SSSR count). The lowest BCUT2D eigenvalue weighted by atomic mass is 10.1. The van der Waals surface area contributed by atoms with Gasteiger partial charge in [0.1, 0.15) is 12.7 Å². The van der Waals surface area contributed by atoms with Gasteiger partial charge in [0.15, 0.2) is 6.04 Å². The average molecular weight is 286 g/mol. The summed E-state index contributed by atoms with van der Waals surface area (Å²) >= 11 is 0. The molecule has 1 aliphatic rings. The van der Waals surface area contributed by atoms with E-state index in [0.717, 1.165) is 0 Å². The van der Waals surface area contributed by atoms with Crippen molar-refractivity contribution >= 4 is 17.8 Å². The van der Waals surface area contributed by atoms with Crippen molar-refractivity contribution in [3.8, 4) is 0 Å². The zero-order valence-corrected chi connectivity index (χ0v) is 11.0. The number of carbonyl (C=O) groups is 3. The van der Waals surface area contributed by atoms with Gasteiger partial charge in [0.05, 0.1) is 11.1 Å². The van der Waals surface area contributed by atoms with E-state index in [-0.39, 0.29) is 11.1 Å². The summed E-state index contributed by atoms with van der Waals surface area (Å²) in [6.07, 6.45) is 2.61.